The Bertz CT molecular complexity index is 432. The van der Waals surface area contributed by atoms with Crippen LogP contribution in [0.2, 0.25) is 5.02 Å². The predicted octanol–water partition coefficient (Wildman–Crippen LogP) is 2.72. The standard InChI is InChI=1S/C11H13ClF3N3/c12-9-7(5-16)3-4-17-10(9)18(8-1-2-8)6-11(13,14)15/h3-4,8H,1-2,5-6,16H2. The van der Waals surface area contributed by atoms with Gasteiger partial charge in [-0.15, -0.1) is 0 Å². The summed E-state index contributed by atoms with van der Waals surface area (Å²) >= 11 is 6.05. The predicted molar refractivity (Wildman–Crippen MR) is 63.6 cm³/mol. The lowest BCUT2D eigenvalue weighted by atomic mass is 10.2. The zero-order valence-electron chi connectivity index (χ0n) is 9.54. The van der Waals surface area contributed by atoms with Gasteiger partial charge < -0.3 is 10.6 Å². The number of hydrogen-bond acceptors (Lipinski definition) is 3. The van der Waals surface area contributed by atoms with Gasteiger partial charge in [-0.1, -0.05) is 11.6 Å². The summed E-state index contributed by atoms with van der Waals surface area (Å²) in [5.41, 5.74) is 6.09. The summed E-state index contributed by atoms with van der Waals surface area (Å²) in [6, 6.07) is 1.49. The molecule has 0 saturated heterocycles. The molecule has 1 aromatic heterocycles. The number of rotatable bonds is 4. The van der Waals surface area contributed by atoms with Gasteiger partial charge in [0, 0.05) is 18.8 Å². The molecule has 2 rings (SSSR count). The number of nitrogens with zero attached hydrogens (tertiary/aromatic N) is 2. The van der Waals surface area contributed by atoms with Gasteiger partial charge in [0.15, 0.2) is 0 Å². The number of aromatic nitrogens is 1. The Morgan fingerprint density at radius 1 is 1.44 bits per heavy atom. The minimum atomic E-state index is -4.27. The van der Waals surface area contributed by atoms with Crippen molar-refractivity contribution in [2.45, 2.75) is 31.6 Å². The van der Waals surface area contributed by atoms with Crippen molar-refractivity contribution in [2.24, 2.45) is 5.73 Å². The van der Waals surface area contributed by atoms with Crippen LogP contribution in [0.1, 0.15) is 18.4 Å². The molecule has 0 aliphatic heterocycles. The number of nitrogens with two attached hydrogens (primary N) is 1. The van der Waals surface area contributed by atoms with Crippen LogP contribution in [-0.2, 0) is 6.54 Å². The Morgan fingerprint density at radius 2 is 2.11 bits per heavy atom. The molecule has 0 radical (unpaired) electrons. The van der Waals surface area contributed by atoms with Crippen molar-refractivity contribution >= 4 is 17.4 Å². The molecule has 0 aromatic carbocycles. The van der Waals surface area contributed by atoms with Gasteiger partial charge in [0.05, 0.1) is 5.02 Å². The summed E-state index contributed by atoms with van der Waals surface area (Å²) in [5.74, 6) is 0.180. The second kappa shape index (κ2) is 4.93. The van der Waals surface area contributed by atoms with Crippen LogP contribution in [0.25, 0.3) is 0 Å². The molecule has 0 unspecified atom stereocenters. The first-order valence-corrected chi connectivity index (χ1v) is 5.97. The van der Waals surface area contributed by atoms with Crippen LogP contribution in [-0.4, -0.2) is 23.7 Å². The van der Waals surface area contributed by atoms with Gasteiger partial charge in [-0.25, -0.2) is 4.98 Å². The van der Waals surface area contributed by atoms with Crippen molar-refractivity contribution in [3.63, 3.8) is 0 Å². The summed E-state index contributed by atoms with van der Waals surface area (Å²) < 4.78 is 37.7. The third kappa shape index (κ3) is 3.05. The monoisotopic (exact) mass is 279 g/mol. The first-order valence-electron chi connectivity index (χ1n) is 5.59. The molecule has 1 aliphatic carbocycles. The molecule has 1 heterocycles. The third-order valence-electron chi connectivity index (χ3n) is 2.78. The maximum Gasteiger partial charge on any atom is 0.405 e. The highest BCUT2D eigenvalue weighted by molar-refractivity contribution is 6.33. The topological polar surface area (TPSA) is 42.1 Å². The maximum atomic E-state index is 12.6. The SMILES string of the molecule is NCc1ccnc(N(CC(F)(F)F)C2CC2)c1Cl. The van der Waals surface area contributed by atoms with E-state index in [9.17, 15) is 13.2 Å². The first kappa shape index (κ1) is 13.4. The van der Waals surface area contributed by atoms with Crippen LogP contribution in [0.15, 0.2) is 12.3 Å². The van der Waals surface area contributed by atoms with Crippen LogP contribution in [0.3, 0.4) is 0 Å². The minimum Gasteiger partial charge on any atom is -0.343 e. The lowest BCUT2D eigenvalue weighted by molar-refractivity contribution is -0.120. The first-order chi connectivity index (χ1) is 8.42. The van der Waals surface area contributed by atoms with Crippen molar-refractivity contribution in [2.75, 3.05) is 11.4 Å². The molecule has 1 saturated carbocycles. The molecule has 1 aromatic rings. The Morgan fingerprint density at radius 3 is 2.61 bits per heavy atom. The van der Waals surface area contributed by atoms with E-state index < -0.39 is 12.7 Å². The molecule has 1 aliphatic rings. The van der Waals surface area contributed by atoms with Crippen molar-refractivity contribution in [1.82, 2.24) is 4.98 Å². The lowest BCUT2D eigenvalue weighted by Crippen LogP contribution is -2.36. The summed E-state index contributed by atoms with van der Waals surface area (Å²) in [6.45, 7) is -0.850. The summed E-state index contributed by atoms with van der Waals surface area (Å²) in [5, 5.41) is 0.219. The van der Waals surface area contributed by atoms with Gasteiger partial charge in [-0.05, 0) is 24.5 Å². The lowest BCUT2D eigenvalue weighted by Gasteiger charge is -2.26. The smallest absolute Gasteiger partial charge is 0.343 e. The number of pyridine rings is 1. The fraction of sp³-hybridized carbons (Fsp3) is 0.545. The number of anilines is 1. The van der Waals surface area contributed by atoms with Gasteiger partial charge in [0.2, 0.25) is 0 Å². The van der Waals surface area contributed by atoms with Gasteiger partial charge in [-0.3, -0.25) is 0 Å². The van der Waals surface area contributed by atoms with E-state index in [-0.39, 0.29) is 23.4 Å². The Labute approximate surface area is 108 Å². The van der Waals surface area contributed by atoms with Crippen molar-refractivity contribution in [3.05, 3.63) is 22.8 Å². The summed E-state index contributed by atoms with van der Waals surface area (Å²) in [6.07, 6.45) is -1.36. The van der Waals surface area contributed by atoms with E-state index in [1.54, 1.807) is 6.07 Å². The molecular formula is C11H13ClF3N3. The van der Waals surface area contributed by atoms with E-state index in [0.29, 0.717) is 5.56 Å². The highest BCUT2D eigenvalue weighted by Crippen LogP contribution is 2.37. The zero-order valence-corrected chi connectivity index (χ0v) is 10.3. The molecule has 18 heavy (non-hydrogen) atoms. The second-order valence-electron chi connectivity index (χ2n) is 4.29. The number of alkyl halides is 3. The van der Waals surface area contributed by atoms with Gasteiger partial charge in [0.1, 0.15) is 12.4 Å². The largest absolute Gasteiger partial charge is 0.405 e. The van der Waals surface area contributed by atoms with Crippen LogP contribution >= 0.6 is 11.6 Å². The molecule has 7 heteroatoms. The van der Waals surface area contributed by atoms with Crippen molar-refractivity contribution in [1.29, 1.82) is 0 Å². The highest BCUT2D eigenvalue weighted by atomic mass is 35.5. The second-order valence-corrected chi connectivity index (χ2v) is 4.66. The molecule has 0 amide bonds. The maximum absolute atomic E-state index is 12.6. The average molecular weight is 280 g/mol. The molecule has 0 atom stereocenters. The zero-order chi connectivity index (χ0) is 13.3. The minimum absolute atomic E-state index is 0.121. The fourth-order valence-corrected chi connectivity index (χ4v) is 2.08. The number of hydrogen-bond donors (Lipinski definition) is 1. The fourth-order valence-electron chi connectivity index (χ4n) is 1.79. The summed E-state index contributed by atoms with van der Waals surface area (Å²) in [4.78, 5) is 5.19. The normalized spacial score (nSPS) is 15.8. The van der Waals surface area contributed by atoms with E-state index >= 15 is 0 Å². The highest BCUT2D eigenvalue weighted by Gasteiger charge is 2.39. The Kier molecular flexibility index (Phi) is 3.68. The average Bonchev–Trinajstić information content (AvgIpc) is 3.09. The number of halogens is 4. The molecule has 0 spiro atoms. The third-order valence-corrected chi connectivity index (χ3v) is 3.19. The molecule has 1 fully saturated rings. The van der Waals surface area contributed by atoms with Crippen LogP contribution in [0, 0.1) is 0 Å². The van der Waals surface area contributed by atoms with Crippen LogP contribution in [0.5, 0.6) is 0 Å². The molecule has 3 nitrogen and oxygen atoms in total. The van der Waals surface area contributed by atoms with Crippen LogP contribution < -0.4 is 10.6 Å². The molecule has 100 valence electrons. The molecule has 2 N–H and O–H groups in total. The summed E-state index contributed by atoms with van der Waals surface area (Å²) in [7, 11) is 0. The molecular weight excluding hydrogens is 267 g/mol. The van der Waals surface area contributed by atoms with E-state index in [1.165, 1.54) is 11.1 Å². The van der Waals surface area contributed by atoms with Gasteiger partial charge >= 0.3 is 6.18 Å². The van der Waals surface area contributed by atoms with Gasteiger partial charge in [0.25, 0.3) is 0 Å². The molecule has 0 bridgehead atoms. The van der Waals surface area contributed by atoms with Gasteiger partial charge in [-0.2, -0.15) is 13.2 Å². The van der Waals surface area contributed by atoms with Crippen molar-refractivity contribution < 1.29 is 13.2 Å². The Hall–Kier alpha value is -1.01. The van der Waals surface area contributed by atoms with E-state index in [1.807, 2.05) is 0 Å². The van der Waals surface area contributed by atoms with Crippen molar-refractivity contribution in [3.8, 4) is 0 Å². The van der Waals surface area contributed by atoms with E-state index in [4.69, 9.17) is 17.3 Å². The van der Waals surface area contributed by atoms with E-state index in [2.05, 4.69) is 4.98 Å². The Balaban J connectivity index is 2.31. The quantitative estimate of drug-likeness (QED) is 0.921. The van der Waals surface area contributed by atoms with E-state index in [0.717, 1.165) is 12.8 Å². The van der Waals surface area contributed by atoms with Crippen LogP contribution in [0.4, 0.5) is 19.0 Å².